The second-order valence-electron chi connectivity index (χ2n) is 8.00. The summed E-state index contributed by atoms with van der Waals surface area (Å²) in [7, 11) is 3.64. The molecule has 2 amide bonds. The van der Waals surface area contributed by atoms with Crippen LogP contribution in [0.1, 0.15) is 38.2 Å². The number of hydrogen-bond acceptors (Lipinski definition) is 3. The summed E-state index contributed by atoms with van der Waals surface area (Å²) in [5.74, 6) is 0.300. The van der Waals surface area contributed by atoms with Crippen LogP contribution in [0.4, 0.5) is 0 Å². The van der Waals surface area contributed by atoms with E-state index in [1.807, 2.05) is 25.9 Å². The molecule has 0 radical (unpaired) electrons. The molecule has 150 valence electrons. The molecule has 1 aromatic carbocycles. The minimum absolute atomic E-state index is 0.128. The van der Waals surface area contributed by atoms with Gasteiger partial charge in [0.2, 0.25) is 11.8 Å². The Bertz CT molecular complexity index is 816. The van der Waals surface area contributed by atoms with Crippen LogP contribution in [0.25, 0.3) is 10.4 Å². The van der Waals surface area contributed by atoms with Gasteiger partial charge in [0.25, 0.3) is 0 Å². The lowest BCUT2D eigenvalue weighted by Gasteiger charge is -2.43. The van der Waals surface area contributed by atoms with Crippen LogP contribution < -0.4 is 0 Å². The van der Waals surface area contributed by atoms with Gasteiger partial charge in [-0.25, -0.2) is 0 Å². The highest BCUT2D eigenvalue weighted by atomic mass is 32.1. The summed E-state index contributed by atoms with van der Waals surface area (Å²) >= 11 is 1.72. The van der Waals surface area contributed by atoms with Gasteiger partial charge in [0.05, 0.1) is 5.41 Å². The number of rotatable bonds is 6. The Balaban J connectivity index is 1.89. The zero-order valence-electron chi connectivity index (χ0n) is 17.1. The van der Waals surface area contributed by atoms with Crippen molar-refractivity contribution in [3.63, 3.8) is 0 Å². The smallest absolute Gasteiger partial charge is 0.230 e. The number of amides is 2. The Hall–Kier alpha value is -2.14. The quantitative estimate of drug-likeness (QED) is 0.721. The van der Waals surface area contributed by atoms with Crippen LogP contribution in [0, 0.1) is 5.41 Å². The van der Waals surface area contributed by atoms with Gasteiger partial charge in [0.1, 0.15) is 0 Å². The van der Waals surface area contributed by atoms with Crippen molar-refractivity contribution in [1.82, 2.24) is 9.80 Å². The molecule has 0 aliphatic carbocycles. The van der Waals surface area contributed by atoms with Crippen LogP contribution in [0.2, 0.25) is 0 Å². The fourth-order valence-electron chi connectivity index (χ4n) is 4.25. The van der Waals surface area contributed by atoms with E-state index in [9.17, 15) is 9.59 Å². The number of thiophene rings is 1. The fourth-order valence-corrected chi connectivity index (χ4v) is 4.98. The highest BCUT2D eigenvalue weighted by Crippen LogP contribution is 2.37. The van der Waals surface area contributed by atoms with Crippen LogP contribution in [0.3, 0.4) is 0 Å². The van der Waals surface area contributed by atoms with Crippen molar-refractivity contribution in [2.45, 2.75) is 39.0 Å². The highest BCUT2D eigenvalue weighted by molar-refractivity contribution is 7.13. The number of hydrogen-bond donors (Lipinski definition) is 0. The Morgan fingerprint density at radius 3 is 2.71 bits per heavy atom. The van der Waals surface area contributed by atoms with Crippen LogP contribution in [-0.4, -0.2) is 48.8 Å². The minimum Gasteiger partial charge on any atom is -0.348 e. The molecule has 28 heavy (non-hydrogen) atoms. The maximum absolute atomic E-state index is 13.3. The largest absolute Gasteiger partial charge is 0.348 e. The van der Waals surface area contributed by atoms with Crippen LogP contribution >= 0.6 is 11.3 Å². The van der Waals surface area contributed by atoms with Crippen molar-refractivity contribution >= 4 is 23.2 Å². The Morgan fingerprint density at radius 1 is 1.21 bits per heavy atom. The molecule has 1 atom stereocenters. The molecule has 0 saturated carbocycles. The van der Waals surface area contributed by atoms with Gasteiger partial charge in [-0.05, 0) is 48.3 Å². The third-order valence-electron chi connectivity index (χ3n) is 5.53. The summed E-state index contributed by atoms with van der Waals surface area (Å²) in [5, 5.41) is 2.08. The first-order valence-electron chi connectivity index (χ1n) is 10.1. The Kier molecular flexibility index (Phi) is 6.55. The summed E-state index contributed by atoms with van der Waals surface area (Å²) in [6.07, 6.45) is 3.76. The summed E-state index contributed by atoms with van der Waals surface area (Å²) in [6, 6.07) is 12.7. The first-order valence-corrected chi connectivity index (χ1v) is 11.0. The van der Waals surface area contributed by atoms with E-state index in [2.05, 4.69) is 41.8 Å². The van der Waals surface area contributed by atoms with Crippen molar-refractivity contribution in [2.75, 3.05) is 27.2 Å². The van der Waals surface area contributed by atoms with Crippen LogP contribution in [0.5, 0.6) is 0 Å². The summed E-state index contributed by atoms with van der Waals surface area (Å²) in [4.78, 5) is 30.6. The second kappa shape index (κ2) is 8.91. The van der Waals surface area contributed by atoms with E-state index in [1.165, 1.54) is 10.4 Å². The van der Waals surface area contributed by atoms with E-state index in [4.69, 9.17) is 0 Å². The average molecular weight is 399 g/mol. The molecule has 3 rings (SSSR count). The lowest BCUT2D eigenvalue weighted by molar-refractivity contribution is -0.147. The fraction of sp³-hybridized carbons (Fsp3) is 0.478. The maximum Gasteiger partial charge on any atom is 0.230 e. The summed E-state index contributed by atoms with van der Waals surface area (Å²) < 4.78 is 0. The molecule has 1 saturated heterocycles. The van der Waals surface area contributed by atoms with Crippen molar-refractivity contribution < 1.29 is 9.59 Å². The van der Waals surface area contributed by atoms with Crippen molar-refractivity contribution in [3.05, 3.63) is 47.3 Å². The zero-order valence-corrected chi connectivity index (χ0v) is 17.9. The van der Waals surface area contributed by atoms with E-state index >= 15 is 0 Å². The molecular formula is C23H30N2O2S. The third-order valence-corrected chi connectivity index (χ3v) is 6.45. The molecule has 1 aliphatic heterocycles. The monoisotopic (exact) mass is 398 g/mol. The number of carbonyl (C=O) groups is 2. The topological polar surface area (TPSA) is 40.6 Å². The molecule has 1 aliphatic rings. The molecule has 1 fully saturated rings. The lowest BCUT2D eigenvalue weighted by atomic mass is 9.73. The molecule has 2 aromatic rings. The van der Waals surface area contributed by atoms with E-state index in [0.29, 0.717) is 19.4 Å². The maximum atomic E-state index is 13.3. The molecule has 1 aromatic heterocycles. The first-order chi connectivity index (χ1) is 13.4. The average Bonchev–Trinajstić information content (AvgIpc) is 3.23. The standard InChI is InChI=1S/C23H30N2O2S/c1-4-8-21(26)25-13-7-12-23(17-25,22(27)24(2)3)16-18-9-5-10-19(15-18)20-11-6-14-28-20/h5-6,9-11,14-15H,4,7-8,12-13,16-17H2,1-3H3/t23-/m1/s1. The molecule has 4 nitrogen and oxygen atoms in total. The number of likely N-dealkylation sites (tertiary alicyclic amines) is 1. The molecule has 0 spiro atoms. The molecule has 2 heterocycles. The second-order valence-corrected chi connectivity index (χ2v) is 8.95. The Morgan fingerprint density at radius 2 is 2.04 bits per heavy atom. The zero-order chi connectivity index (χ0) is 20.1. The predicted octanol–water partition coefficient (Wildman–Crippen LogP) is 4.45. The summed E-state index contributed by atoms with van der Waals surface area (Å²) in [6.45, 7) is 3.30. The van der Waals surface area contributed by atoms with E-state index in [1.54, 1.807) is 16.2 Å². The van der Waals surface area contributed by atoms with Gasteiger partial charge in [-0.15, -0.1) is 11.3 Å². The third kappa shape index (κ3) is 4.46. The normalized spacial score (nSPS) is 19.5. The van der Waals surface area contributed by atoms with Crippen molar-refractivity contribution in [3.8, 4) is 10.4 Å². The van der Waals surface area contributed by atoms with Gasteiger partial charge in [-0.2, -0.15) is 0 Å². The molecular weight excluding hydrogens is 368 g/mol. The highest BCUT2D eigenvalue weighted by Gasteiger charge is 2.44. The van der Waals surface area contributed by atoms with Gasteiger partial charge < -0.3 is 9.80 Å². The van der Waals surface area contributed by atoms with E-state index in [-0.39, 0.29) is 11.8 Å². The molecule has 0 N–H and O–H groups in total. The first kappa shape index (κ1) is 20.6. The summed E-state index contributed by atoms with van der Waals surface area (Å²) in [5.41, 5.74) is 1.81. The van der Waals surface area contributed by atoms with Crippen molar-refractivity contribution in [1.29, 1.82) is 0 Å². The minimum atomic E-state index is -0.542. The predicted molar refractivity (Wildman–Crippen MR) is 115 cm³/mol. The molecule has 0 unspecified atom stereocenters. The Labute approximate surface area is 172 Å². The lowest BCUT2D eigenvalue weighted by Crippen LogP contribution is -2.54. The van der Waals surface area contributed by atoms with Crippen LogP contribution in [-0.2, 0) is 16.0 Å². The van der Waals surface area contributed by atoms with Gasteiger partial charge in [-0.1, -0.05) is 37.3 Å². The van der Waals surface area contributed by atoms with Gasteiger partial charge in [-0.3, -0.25) is 9.59 Å². The van der Waals surface area contributed by atoms with Gasteiger partial charge in [0.15, 0.2) is 0 Å². The number of nitrogens with zero attached hydrogens (tertiary/aromatic N) is 2. The molecule has 5 heteroatoms. The molecule has 0 bridgehead atoms. The van der Waals surface area contributed by atoms with E-state index in [0.717, 1.165) is 31.4 Å². The van der Waals surface area contributed by atoms with Gasteiger partial charge in [0, 0.05) is 38.5 Å². The number of piperidine rings is 1. The van der Waals surface area contributed by atoms with Gasteiger partial charge >= 0.3 is 0 Å². The van der Waals surface area contributed by atoms with E-state index < -0.39 is 5.41 Å². The van der Waals surface area contributed by atoms with Crippen LogP contribution in [0.15, 0.2) is 41.8 Å². The number of carbonyl (C=O) groups excluding carboxylic acids is 2. The number of benzene rings is 1. The SMILES string of the molecule is CCCC(=O)N1CCC[C@](Cc2cccc(-c3cccs3)c2)(C(=O)N(C)C)C1. The van der Waals surface area contributed by atoms with Crippen molar-refractivity contribution in [2.24, 2.45) is 5.41 Å².